The molecule has 0 bridgehead atoms. The van der Waals surface area contributed by atoms with E-state index in [0.717, 1.165) is 48.2 Å². The van der Waals surface area contributed by atoms with Crippen molar-refractivity contribution in [1.29, 1.82) is 0 Å². The van der Waals surface area contributed by atoms with Crippen molar-refractivity contribution in [2.75, 3.05) is 24.6 Å². The van der Waals surface area contributed by atoms with Crippen LogP contribution in [0.2, 0.25) is 0 Å². The van der Waals surface area contributed by atoms with E-state index in [1.165, 1.54) is 0 Å². The SMILES string of the molecule is O=CC(F)(F)CCCOCc1nc(N2CCCC2)c2oc3ccccc3c2n1. The Balaban J connectivity index is 1.56. The highest BCUT2D eigenvalue weighted by atomic mass is 19.3. The number of carbonyl (C=O) groups is 1. The molecule has 1 aliphatic rings. The van der Waals surface area contributed by atoms with Gasteiger partial charge in [-0.2, -0.15) is 8.78 Å². The monoisotopic (exact) mass is 389 g/mol. The van der Waals surface area contributed by atoms with Crippen LogP contribution >= 0.6 is 0 Å². The standard InChI is InChI=1S/C20H21F2N3O3/c21-20(22,13-26)8-5-11-27-12-16-23-17-14-6-1-2-7-15(14)28-18(17)19(24-16)25-9-3-4-10-25/h1-2,6-7,13H,3-5,8-12H2. The van der Waals surface area contributed by atoms with E-state index >= 15 is 0 Å². The minimum absolute atomic E-state index is 0.0849. The number of carbonyl (C=O) groups excluding carboxylic acids is 1. The summed E-state index contributed by atoms with van der Waals surface area (Å²) in [5.41, 5.74) is 2.15. The second kappa shape index (κ2) is 7.79. The molecule has 6 nitrogen and oxygen atoms in total. The van der Waals surface area contributed by atoms with Gasteiger partial charge < -0.3 is 14.1 Å². The zero-order valence-electron chi connectivity index (χ0n) is 15.4. The van der Waals surface area contributed by atoms with Crippen molar-refractivity contribution in [1.82, 2.24) is 9.97 Å². The maximum Gasteiger partial charge on any atom is 0.302 e. The Bertz CT molecular complexity index is 983. The summed E-state index contributed by atoms with van der Waals surface area (Å²) in [6, 6.07) is 7.69. The molecule has 0 saturated carbocycles. The van der Waals surface area contributed by atoms with Gasteiger partial charge >= 0.3 is 5.92 Å². The summed E-state index contributed by atoms with van der Waals surface area (Å²) in [7, 11) is 0. The molecule has 28 heavy (non-hydrogen) atoms. The molecule has 2 aromatic heterocycles. The molecule has 0 spiro atoms. The lowest BCUT2D eigenvalue weighted by atomic mass is 10.2. The van der Waals surface area contributed by atoms with E-state index in [1.54, 1.807) is 0 Å². The van der Waals surface area contributed by atoms with Gasteiger partial charge in [0.25, 0.3) is 0 Å². The number of aldehydes is 1. The van der Waals surface area contributed by atoms with E-state index in [-0.39, 0.29) is 25.9 Å². The lowest BCUT2D eigenvalue weighted by Gasteiger charge is -2.17. The van der Waals surface area contributed by atoms with Crippen LogP contribution in [0.25, 0.3) is 22.1 Å². The number of nitrogens with zero attached hydrogens (tertiary/aromatic N) is 3. The Morgan fingerprint density at radius 2 is 2.00 bits per heavy atom. The molecule has 0 radical (unpaired) electrons. The van der Waals surface area contributed by atoms with Crippen LogP contribution in [0.3, 0.4) is 0 Å². The van der Waals surface area contributed by atoms with Gasteiger partial charge in [-0.15, -0.1) is 0 Å². The van der Waals surface area contributed by atoms with Crippen molar-refractivity contribution >= 4 is 34.2 Å². The number of halogens is 2. The first kappa shape index (κ1) is 18.7. The number of benzene rings is 1. The Hall–Kier alpha value is -2.61. The van der Waals surface area contributed by atoms with Crippen LogP contribution in [0, 0.1) is 0 Å². The van der Waals surface area contributed by atoms with Crippen LogP contribution in [0.1, 0.15) is 31.5 Å². The van der Waals surface area contributed by atoms with Crippen LogP contribution in [0.4, 0.5) is 14.6 Å². The highest BCUT2D eigenvalue weighted by Gasteiger charge is 2.27. The number of fused-ring (bicyclic) bond motifs is 3. The molecule has 0 amide bonds. The molecular weight excluding hydrogens is 368 g/mol. The number of aromatic nitrogens is 2. The van der Waals surface area contributed by atoms with Gasteiger partial charge in [0.1, 0.15) is 17.7 Å². The molecule has 4 rings (SSSR count). The van der Waals surface area contributed by atoms with Crippen LogP contribution in [0.5, 0.6) is 0 Å². The van der Waals surface area contributed by atoms with Gasteiger partial charge in [-0.3, -0.25) is 4.79 Å². The number of furan rings is 1. The highest BCUT2D eigenvalue weighted by Crippen LogP contribution is 2.34. The Morgan fingerprint density at radius 1 is 1.21 bits per heavy atom. The number of hydrogen-bond donors (Lipinski definition) is 0. The Kier molecular flexibility index (Phi) is 5.21. The average molecular weight is 389 g/mol. The molecule has 0 atom stereocenters. The topological polar surface area (TPSA) is 68.5 Å². The highest BCUT2D eigenvalue weighted by molar-refractivity contribution is 6.05. The molecule has 1 aromatic carbocycles. The molecule has 3 heterocycles. The van der Waals surface area contributed by atoms with Crippen LogP contribution in [0.15, 0.2) is 28.7 Å². The summed E-state index contributed by atoms with van der Waals surface area (Å²) in [6.45, 7) is 2.04. The van der Waals surface area contributed by atoms with E-state index in [4.69, 9.17) is 9.15 Å². The molecule has 0 N–H and O–H groups in total. The van der Waals surface area contributed by atoms with Crippen molar-refractivity contribution in [3.05, 3.63) is 30.1 Å². The second-order valence-electron chi connectivity index (χ2n) is 6.97. The van der Waals surface area contributed by atoms with E-state index < -0.39 is 12.3 Å². The van der Waals surface area contributed by atoms with Crippen LogP contribution in [-0.2, 0) is 16.1 Å². The zero-order valence-corrected chi connectivity index (χ0v) is 15.4. The summed E-state index contributed by atoms with van der Waals surface area (Å²) in [5, 5.41) is 0.909. The van der Waals surface area contributed by atoms with Gasteiger partial charge in [-0.05, 0) is 31.4 Å². The normalized spacial score (nSPS) is 15.0. The molecule has 1 fully saturated rings. The number of para-hydroxylation sites is 1. The minimum atomic E-state index is -3.29. The van der Waals surface area contributed by atoms with Gasteiger partial charge in [-0.1, -0.05) is 12.1 Å². The van der Waals surface area contributed by atoms with Gasteiger partial charge in [0.15, 0.2) is 23.5 Å². The molecular formula is C20H21F2N3O3. The molecule has 1 aliphatic heterocycles. The molecule has 8 heteroatoms. The van der Waals surface area contributed by atoms with Gasteiger partial charge in [0.05, 0.1) is 0 Å². The largest absolute Gasteiger partial charge is 0.450 e. The van der Waals surface area contributed by atoms with Crippen LogP contribution in [-0.4, -0.2) is 41.9 Å². The van der Waals surface area contributed by atoms with Gasteiger partial charge in [0, 0.05) is 31.5 Å². The third-order valence-electron chi connectivity index (χ3n) is 4.86. The maximum absolute atomic E-state index is 13.0. The van der Waals surface area contributed by atoms with Crippen molar-refractivity contribution in [3.8, 4) is 0 Å². The third kappa shape index (κ3) is 3.82. The number of rotatable bonds is 8. The second-order valence-corrected chi connectivity index (χ2v) is 6.97. The van der Waals surface area contributed by atoms with Gasteiger partial charge in [0.2, 0.25) is 0 Å². The summed E-state index contributed by atoms with van der Waals surface area (Å²) in [6.07, 6.45) is 1.44. The van der Waals surface area contributed by atoms with E-state index in [0.29, 0.717) is 11.4 Å². The average Bonchev–Trinajstić information content (AvgIpc) is 3.35. The summed E-state index contributed by atoms with van der Waals surface area (Å²) < 4.78 is 37.4. The Labute approximate surface area is 160 Å². The fourth-order valence-corrected chi connectivity index (χ4v) is 3.46. The van der Waals surface area contributed by atoms with E-state index in [1.807, 2.05) is 24.3 Å². The van der Waals surface area contributed by atoms with E-state index in [2.05, 4.69) is 14.9 Å². The maximum atomic E-state index is 13.0. The summed E-state index contributed by atoms with van der Waals surface area (Å²) in [4.78, 5) is 21.7. The third-order valence-corrected chi connectivity index (χ3v) is 4.86. The number of alkyl halides is 2. The molecule has 0 unspecified atom stereocenters. The van der Waals surface area contributed by atoms with Crippen molar-refractivity contribution in [2.24, 2.45) is 0 Å². The first-order chi connectivity index (χ1) is 13.6. The summed E-state index contributed by atoms with van der Waals surface area (Å²) in [5.74, 6) is -2.05. The molecule has 1 saturated heterocycles. The van der Waals surface area contributed by atoms with E-state index in [9.17, 15) is 13.6 Å². The fourth-order valence-electron chi connectivity index (χ4n) is 3.46. The lowest BCUT2D eigenvalue weighted by molar-refractivity contribution is -0.130. The van der Waals surface area contributed by atoms with Crippen molar-refractivity contribution < 1.29 is 22.7 Å². The van der Waals surface area contributed by atoms with Crippen LogP contribution < -0.4 is 4.90 Å². The predicted octanol–water partition coefficient (Wildman–Crippen LogP) is 4.11. The number of anilines is 1. The van der Waals surface area contributed by atoms with Crippen molar-refractivity contribution in [2.45, 2.75) is 38.2 Å². The summed E-state index contributed by atoms with van der Waals surface area (Å²) >= 11 is 0. The quantitative estimate of drug-likeness (QED) is 0.427. The Morgan fingerprint density at radius 3 is 2.79 bits per heavy atom. The number of hydrogen-bond acceptors (Lipinski definition) is 6. The lowest BCUT2D eigenvalue weighted by Crippen LogP contribution is -2.20. The first-order valence-corrected chi connectivity index (χ1v) is 9.42. The fraction of sp³-hybridized carbons (Fsp3) is 0.450. The van der Waals surface area contributed by atoms with Gasteiger partial charge in [-0.25, -0.2) is 9.97 Å². The molecule has 3 aromatic rings. The first-order valence-electron chi connectivity index (χ1n) is 9.42. The number of ether oxygens (including phenoxy) is 1. The predicted molar refractivity (Wildman–Crippen MR) is 101 cm³/mol. The minimum Gasteiger partial charge on any atom is -0.450 e. The molecule has 0 aliphatic carbocycles. The smallest absolute Gasteiger partial charge is 0.302 e. The molecule has 148 valence electrons. The zero-order chi connectivity index (χ0) is 19.6. The van der Waals surface area contributed by atoms with Crippen molar-refractivity contribution in [3.63, 3.8) is 0 Å².